The van der Waals surface area contributed by atoms with E-state index in [0.717, 1.165) is 21.7 Å². The molecule has 0 saturated heterocycles. The van der Waals surface area contributed by atoms with Crippen molar-refractivity contribution in [1.82, 2.24) is 4.90 Å². The number of para-hydroxylation sites is 1. The number of carbonyl (C=O) groups excluding carboxylic acids is 3. The third-order valence-corrected chi connectivity index (χ3v) is 5.21. The van der Waals surface area contributed by atoms with Crippen molar-refractivity contribution in [2.24, 2.45) is 0 Å². The first-order chi connectivity index (χ1) is 13.2. The number of nitrogens with zero attached hydrogens (tertiary/aromatic N) is 1. The van der Waals surface area contributed by atoms with Crippen LogP contribution in [0.2, 0.25) is 0 Å². The number of fused-ring (bicyclic) bond motifs is 1. The first kappa shape index (κ1) is 19.8. The Balaban J connectivity index is 1.91. The molecule has 1 aliphatic rings. The molecule has 146 valence electrons. The van der Waals surface area contributed by atoms with E-state index >= 15 is 0 Å². The van der Waals surface area contributed by atoms with E-state index in [9.17, 15) is 14.4 Å². The number of nitrogens with one attached hydrogen (secondary N) is 1. The topological polar surface area (TPSA) is 66.5 Å². The van der Waals surface area contributed by atoms with Gasteiger partial charge in [-0.2, -0.15) is 0 Å². The Labute approximate surface area is 165 Å². The van der Waals surface area contributed by atoms with Crippen molar-refractivity contribution in [3.05, 3.63) is 64.7 Å². The van der Waals surface area contributed by atoms with Crippen molar-refractivity contribution in [3.63, 3.8) is 0 Å². The molecule has 1 N–H and O–H groups in total. The third kappa shape index (κ3) is 3.33. The molecule has 1 atom stereocenters. The van der Waals surface area contributed by atoms with Crippen LogP contribution < -0.4 is 5.32 Å². The van der Waals surface area contributed by atoms with E-state index in [0.29, 0.717) is 11.1 Å². The highest BCUT2D eigenvalue weighted by molar-refractivity contribution is 6.23. The Morgan fingerprint density at radius 1 is 0.786 bits per heavy atom. The predicted octanol–water partition coefficient (Wildman–Crippen LogP) is 4.56. The highest BCUT2D eigenvalue weighted by Gasteiger charge is 2.40. The lowest BCUT2D eigenvalue weighted by molar-refractivity contribution is -0.119. The minimum atomic E-state index is -0.910. The van der Waals surface area contributed by atoms with Crippen LogP contribution in [-0.4, -0.2) is 28.7 Å². The van der Waals surface area contributed by atoms with Crippen LogP contribution in [0, 0.1) is 0 Å². The summed E-state index contributed by atoms with van der Waals surface area (Å²) >= 11 is 0. The number of imide groups is 1. The van der Waals surface area contributed by atoms with Gasteiger partial charge in [-0.1, -0.05) is 58.0 Å². The van der Waals surface area contributed by atoms with Crippen molar-refractivity contribution in [2.75, 3.05) is 5.32 Å². The highest BCUT2D eigenvalue weighted by Crippen LogP contribution is 2.33. The maximum atomic E-state index is 13.0. The standard InChI is InChI=1S/C23H26N2O3/c1-13(2)16-11-8-12-17(14(3)4)20(16)24-21(26)15(5)25-22(27)18-9-6-7-10-19(18)23(25)28/h6-15H,1-5H3,(H,24,26)/t15-/m1/s1. The number of amides is 3. The molecular formula is C23H26N2O3. The van der Waals surface area contributed by atoms with Crippen LogP contribution in [0.4, 0.5) is 5.69 Å². The Kier molecular flexibility index (Phi) is 5.36. The second-order valence-corrected chi connectivity index (χ2v) is 7.81. The summed E-state index contributed by atoms with van der Waals surface area (Å²) in [6, 6.07) is 11.7. The number of anilines is 1. The van der Waals surface area contributed by atoms with E-state index in [-0.39, 0.29) is 17.7 Å². The SMILES string of the molecule is CC(C)c1cccc(C(C)C)c1NC(=O)[C@@H](C)N1C(=O)c2ccccc2C1=O. The Bertz CT molecular complexity index is 885. The molecule has 3 rings (SSSR count). The molecule has 0 saturated carbocycles. The van der Waals surface area contributed by atoms with Gasteiger partial charge in [0.1, 0.15) is 6.04 Å². The minimum absolute atomic E-state index is 0.226. The highest BCUT2D eigenvalue weighted by atomic mass is 16.2. The molecule has 0 bridgehead atoms. The normalized spacial score (nSPS) is 14.6. The summed E-state index contributed by atoms with van der Waals surface area (Å²) in [5.41, 5.74) is 3.54. The largest absolute Gasteiger partial charge is 0.324 e. The van der Waals surface area contributed by atoms with Crippen molar-refractivity contribution in [2.45, 2.75) is 52.5 Å². The van der Waals surface area contributed by atoms with Gasteiger partial charge in [0.2, 0.25) is 5.91 Å². The van der Waals surface area contributed by atoms with E-state index in [4.69, 9.17) is 0 Å². The first-order valence-corrected chi connectivity index (χ1v) is 9.64. The van der Waals surface area contributed by atoms with Crippen molar-refractivity contribution >= 4 is 23.4 Å². The summed E-state index contributed by atoms with van der Waals surface area (Å²) in [5.74, 6) is -0.773. The summed E-state index contributed by atoms with van der Waals surface area (Å²) < 4.78 is 0. The predicted molar refractivity (Wildman–Crippen MR) is 110 cm³/mol. The summed E-state index contributed by atoms with van der Waals surface area (Å²) in [6.07, 6.45) is 0. The summed E-state index contributed by atoms with van der Waals surface area (Å²) in [5, 5.41) is 3.00. The number of hydrogen-bond donors (Lipinski definition) is 1. The number of rotatable bonds is 5. The zero-order valence-electron chi connectivity index (χ0n) is 16.9. The van der Waals surface area contributed by atoms with Crippen LogP contribution in [0.15, 0.2) is 42.5 Å². The average Bonchev–Trinajstić information content (AvgIpc) is 2.92. The fourth-order valence-corrected chi connectivity index (χ4v) is 3.60. The smallest absolute Gasteiger partial charge is 0.262 e. The Morgan fingerprint density at radius 2 is 1.25 bits per heavy atom. The lowest BCUT2D eigenvalue weighted by atomic mass is 9.92. The summed E-state index contributed by atoms with van der Waals surface area (Å²) in [4.78, 5) is 39.4. The van der Waals surface area contributed by atoms with Gasteiger partial charge in [-0.15, -0.1) is 0 Å². The zero-order chi connectivity index (χ0) is 20.6. The van der Waals surface area contributed by atoms with Gasteiger partial charge in [0, 0.05) is 5.69 Å². The van der Waals surface area contributed by atoms with Gasteiger partial charge in [0.05, 0.1) is 11.1 Å². The van der Waals surface area contributed by atoms with Crippen LogP contribution in [0.5, 0.6) is 0 Å². The van der Waals surface area contributed by atoms with Crippen molar-refractivity contribution in [3.8, 4) is 0 Å². The van der Waals surface area contributed by atoms with Gasteiger partial charge in [-0.25, -0.2) is 0 Å². The monoisotopic (exact) mass is 378 g/mol. The minimum Gasteiger partial charge on any atom is -0.324 e. The fourth-order valence-electron chi connectivity index (χ4n) is 3.60. The van der Waals surface area contributed by atoms with E-state index < -0.39 is 17.9 Å². The maximum Gasteiger partial charge on any atom is 0.262 e. The van der Waals surface area contributed by atoms with Crippen molar-refractivity contribution in [1.29, 1.82) is 0 Å². The van der Waals surface area contributed by atoms with Gasteiger partial charge in [-0.05, 0) is 42.0 Å². The van der Waals surface area contributed by atoms with Gasteiger partial charge < -0.3 is 5.32 Å². The second-order valence-electron chi connectivity index (χ2n) is 7.81. The molecule has 28 heavy (non-hydrogen) atoms. The van der Waals surface area contributed by atoms with E-state index in [1.54, 1.807) is 31.2 Å². The van der Waals surface area contributed by atoms with Crippen LogP contribution >= 0.6 is 0 Å². The molecule has 5 heteroatoms. The summed E-state index contributed by atoms with van der Waals surface area (Å²) in [6.45, 7) is 9.88. The van der Waals surface area contributed by atoms with Crippen LogP contribution in [0.25, 0.3) is 0 Å². The Morgan fingerprint density at radius 3 is 1.68 bits per heavy atom. The fraction of sp³-hybridized carbons (Fsp3) is 0.348. The van der Waals surface area contributed by atoms with E-state index in [1.807, 2.05) is 18.2 Å². The van der Waals surface area contributed by atoms with Crippen LogP contribution in [-0.2, 0) is 4.79 Å². The molecule has 1 aliphatic heterocycles. The summed E-state index contributed by atoms with van der Waals surface area (Å²) in [7, 11) is 0. The van der Waals surface area contributed by atoms with Crippen molar-refractivity contribution < 1.29 is 14.4 Å². The molecule has 0 spiro atoms. The molecule has 5 nitrogen and oxygen atoms in total. The molecule has 0 aromatic heterocycles. The molecule has 2 aromatic carbocycles. The van der Waals surface area contributed by atoms with Gasteiger partial charge >= 0.3 is 0 Å². The number of carbonyl (C=O) groups is 3. The molecule has 2 aromatic rings. The molecule has 1 heterocycles. The molecule has 0 radical (unpaired) electrons. The average molecular weight is 378 g/mol. The van der Waals surface area contributed by atoms with Gasteiger partial charge in [0.15, 0.2) is 0 Å². The number of hydrogen-bond acceptors (Lipinski definition) is 3. The lowest BCUT2D eigenvalue weighted by Crippen LogP contribution is -2.45. The lowest BCUT2D eigenvalue weighted by Gasteiger charge is -2.25. The molecule has 3 amide bonds. The van der Waals surface area contributed by atoms with E-state index in [2.05, 4.69) is 33.0 Å². The van der Waals surface area contributed by atoms with Crippen LogP contribution in [0.3, 0.4) is 0 Å². The van der Waals surface area contributed by atoms with E-state index in [1.165, 1.54) is 0 Å². The first-order valence-electron chi connectivity index (χ1n) is 9.64. The quantitative estimate of drug-likeness (QED) is 0.776. The molecule has 0 aliphatic carbocycles. The zero-order valence-corrected chi connectivity index (χ0v) is 16.9. The molecule has 0 fully saturated rings. The second kappa shape index (κ2) is 7.58. The Hall–Kier alpha value is -2.95. The third-order valence-electron chi connectivity index (χ3n) is 5.21. The molecule has 0 unspecified atom stereocenters. The molecular weight excluding hydrogens is 352 g/mol. The van der Waals surface area contributed by atoms with Crippen LogP contribution in [0.1, 0.15) is 78.3 Å². The van der Waals surface area contributed by atoms with Gasteiger partial charge in [-0.3, -0.25) is 19.3 Å². The maximum absolute atomic E-state index is 13.0. The van der Waals surface area contributed by atoms with Gasteiger partial charge in [0.25, 0.3) is 11.8 Å². The number of benzene rings is 2.